The van der Waals surface area contributed by atoms with Gasteiger partial charge in [0.1, 0.15) is 0 Å². The minimum absolute atomic E-state index is 0.847. The van der Waals surface area contributed by atoms with Crippen LogP contribution in [0.15, 0.2) is 24.5 Å². The van der Waals surface area contributed by atoms with Gasteiger partial charge in [-0.2, -0.15) is 0 Å². The maximum absolute atomic E-state index is 4.23. The number of hydrogen-bond donors (Lipinski definition) is 1. The van der Waals surface area contributed by atoms with Crippen LogP contribution in [-0.2, 0) is 6.54 Å². The first-order chi connectivity index (χ1) is 8.92. The molecule has 0 spiro atoms. The molecule has 0 bridgehead atoms. The van der Waals surface area contributed by atoms with E-state index in [4.69, 9.17) is 0 Å². The lowest BCUT2D eigenvalue weighted by molar-refractivity contribution is 0.190. The molecule has 2 fully saturated rings. The summed E-state index contributed by atoms with van der Waals surface area (Å²) in [7, 11) is 0. The summed E-state index contributed by atoms with van der Waals surface area (Å²) < 4.78 is 0. The fourth-order valence-electron chi connectivity index (χ4n) is 2.90. The molecule has 2 heterocycles. The molecular formula is C15H23N3. The standard InChI is InChI=1S/C15H23N3/c1-2-14(10-17-7-1)12-18(15-3-4-15)11-13-5-8-16-9-6-13/h1-2,7,10,13,15-16H,3-6,8-9,11-12H2. The summed E-state index contributed by atoms with van der Waals surface area (Å²) in [6, 6.07) is 5.09. The summed E-state index contributed by atoms with van der Waals surface area (Å²) in [5.41, 5.74) is 1.36. The maximum atomic E-state index is 4.23. The zero-order valence-electron chi connectivity index (χ0n) is 11.0. The van der Waals surface area contributed by atoms with Gasteiger partial charge in [-0.15, -0.1) is 0 Å². The van der Waals surface area contributed by atoms with Gasteiger partial charge in [0, 0.05) is 31.5 Å². The van der Waals surface area contributed by atoms with Gasteiger partial charge in [-0.1, -0.05) is 6.07 Å². The van der Waals surface area contributed by atoms with E-state index in [9.17, 15) is 0 Å². The minimum Gasteiger partial charge on any atom is -0.317 e. The van der Waals surface area contributed by atoms with Crippen LogP contribution in [-0.4, -0.2) is 35.6 Å². The summed E-state index contributed by atoms with van der Waals surface area (Å²) in [6.45, 7) is 4.77. The summed E-state index contributed by atoms with van der Waals surface area (Å²) in [6.07, 6.45) is 9.35. The number of hydrogen-bond acceptors (Lipinski definition) is 3. The van der Waals surface area contributed by atoms with E-state index < -0.39 is 0 Å². The van der Waals surface area contributed by atoms with E-state index in [2.05, 4.69) is 21.3 Å². The fraction of sp³-hybridized carbons (Fsp3) is 0.667. The second-order valence-corrected chi connectivity index (χ2v) is 5.72. The van der Waals surface area contributed by atoms with E-state index in [-0.39, 0.29) is 0 Å². The molecule has 1 aliphatic heterocycles. The number of aromatic nitrogens is 1. The average Bonchev–Trinajstić information content (AvgIpc) is 3.25. The van der Waals surface area contributed by atoms with Crippen molar-refractivity contribution in [2.45, 2.75) is 38.3 Å². The van der Waals surface area contributed by atoms with E-state index >= 15 is 0 Å². The molecule has 1 aromatic heterocycles. The Morgan fingerprint density at radius 1 is 1.22 bits per heavy atom. The van der Waals surface area contributed by atoms with Crippen molar-refractivity contribution in [3.05, 3.63) is 30.1 Å². The predicted molar refractivity (Wildman–Crippen MR) is 73.3 cm³/mol. The number of rotatable bonds is 5. The van der Waals surface area contributed by atoms with E-state index in [1.807, 2.05) is 18.5 Å². The summed E-state index contributed by atoms with van der Waals surface area (Å²) in [5, 5.41) is 3.45. The zero-order valence-corrected chi connectivity index (χ0v) is 11.0. The first-order valence-electron chi connectivity index (χ1n) is 7.25. The molecular weight excluding hydrogens is 222 g/mol. The molecule has 18 heavy (non-hydrogen) atoms. The van der Waals surface area contributed by atoms with Gasteiger partial charge < -0.3 is 5.32 Å². The van der Waals surface area contributed by atoms with Crippen molar-refractivity contribution < 1.29 is 0 Å². The van der Waals surface area contributed by atoms with E-state index in [0.717, 1.165) is 18.5 Å². The Morgan fingerprint density at radius 2 is 2.06 bits per heavy atom. The molecule has 0 unspecified atom stereocenters. The molecule has 3 nitrogen and oxygen atoms in total. The Hall–Kier alpha value is -0.930. The highest BCUT2D eigenvalue weighted by Gasteiger charge is 2.30. The molecule has 0 aromatic carbocycles. The van der Waals surface area contributed by atoms with E-state index in [0.29, 0.717) is 0 Å². The molecule has 2 aliphatic rings. The Balaban J connectivity index is 1.58. The quantitative estimate of drug-likeness (QED) is 0.860. The van der Waals surface area contributed by atoms with Crippen molar-refractivity contribution in [1.82, 2.24) is 15.2 Å². The zero-order chi connectivity index (χ0) is 12.2. The van der Waals surface area contributed by atoms with Gasteiger partial charge in [-0.3, -0.25) is 9.88 Å². The van der Waals surface area contributed by atoms with Gasteiger partial charge in [-0.05, 0) is 56.3 Å². The highest BCUT2D eigenvalue weighted by Crippen LogP contribution is 2.30. The van der Waals surface area contributed by atoms with Crippen molar-refractivity contribution in [3.63, 3.8) is 0 Å². The van der Waals surface area contributed by atoms with Crippen LogP contribution in [0.25, 0.3) is 0 Å². The van der Waals surface area contributed by atoms with E-state index in [1.54, 1.807) is 0 Å². The van der Waals surface area contributed by atoms with Gasteiger partial charge in [0.05, 0.1) is 0 Å². The van der Waals surface area contributed by atoms with Gasteiger partial charge in [0.25, 0.3) is 0 Å². The molecule has 1 saturated heterocycles. The van der Waals surface area contributed by atoms with Crippen molar-refractivity contribution in [1.29, 1.82) is 0 Å². The lowest BCUT2D eigenvalue weighted by atomic mass is 9.97. The smallest absolute Gasteiger partial charge is 0.0312 e. The van der Waals surface area contributed by atoms with Gasteiger partial charge >= 0.3 is 0 Å². The molecule has 0 amide bonds. The predicted octanol–water partition coefficient (Wildman–Crippen LogP) is 2.05. The first kappa shape index (κ1) is 12.1. The molecule has 0 radical (unpaired) electrons. The third-order valence-electron chi connectivity index (χ3n) is 4.12. The average molecular weight is 245 g/mol. The molecule has 0 atom stereocenters. The van der Waals surface area contributed by atoms with Crippen LogP contribution >= 0.6 is 0 Å². The van der Waals surface area contributed by atoms with Gasteiger partial charge in [0.15, 0.2) is 0 Å². The summed E-state index contributed by atoms with van der Waals surface area (Å²) >= 11 is 0. The van der Waals surface area contributed by atoms with E-state index in [1.165, 1.54) is 50.9 Å². The fourth-order valence-corrected chi connectivity index (χ4v) is 2.90. The minimum atomic E-state index is 0.847. The highest BCUT2D eigenvalue weighted by molar-refractivity contribution is 5.09. The largest absolute Gasteiger partial charge is 0.317 e. The molecule has 1 aromatic rings. The van der Waals surface area contributed by atoms with Crippen LogP contribution in [0.3, 0.4) is 0 Å². The third kappa shape index (κ3) is 3.30. The maximum Gasteiger partial charge on any atom is 0.0312 e. The van der Waals surface area contributed by atoms with Gasteiger partial charge in [0.2, 0.25) is 0 Å². The second kappa shape index (κ2) is 5.81. The molecule has 1 N–H and O–H groups in total. The summed E-state index contributed by atoms with van der Waals surface area (Å²) in [5.74, 6) is 0.892. The Kier molecular flexibility index (Phi) is 3.91. The van der Waals surface area contributed by atoms with Crippen LogP contribution in [0.2, 0.25) is 0 Å². The number of piperidine rings is 1. The monoisotopic (exact) mass is 245 g/mol. The molecule has 1 aliphatic carbocycles. The first-order valence-corrected chi connectivity index (χ1v) is 7.25. The number of nitrogens with zero attached hydrogens (tertiary/aromatic N) is 2. The van der Waals surface area contributed by atoms with Crippen LogP contribution in [0.1, 0.15) is 31.2 Å². The van der Waals surface area contributed by atoms with Crippen molar-refractivity contribution in [2.75, 3.05) is 19.6 Å². The topological polar surface area (TPSA) is 28.2 Å². The number of pyridine rings is 1. The molecule has 3 heteroatoms. The second-order valence-electron chi connectivity index (χ2n) is 5.72. The van der Waals surface area contributed by atoms with Crippen LogP contribution in [0.5, 0.6) is 0 Å². The number of nitrogens with one attached hydrogen (secondary N) is 1. The lowest BCUT2D eigenvalue weighted by Gasteiger charge is -2.30. The van der Waals surface area contributed by atoms with Crippen molar-refractivity contribution in [3.8, 4) is 0 Å². The summed E-state index contributed by atoms with van der Waals surface area (Å²) in [4.78, 5) is 6.92. The highest BCUT2D eigenvalue weighted by atomic mass is 15.2. The normalized spacial score (nSPS) is 21.4. The molecule has 3 rings (SSSR count). The van der Waals surface area contributed by atoms with Crippen LogP contribution < -0.4 is 5.32 Å². The molecule has 1 saturated carbocycles. The SMILES string of the molecule is c1cncc(CN(CC2CCNCC2)C2CC2)c1. The van der Waals surface area contributed by atoms with Crippen molar-refractivity contribution >= 4 is 0 Å². The van der Waals surface area contributed by atoms with Crippen LogP contribution in [0, 0.1) is 5.92 Å². The van der Waals surface area contributed by atoms with Crippen molar-refractivity contribution in [2.24, 2.45) is 5.92 Å². The Bertz CT molecular complexity index is 355. The van der Waals surface area contributed by atoms with Crippen LogP contribution in [0.4, 0.5) is 0 Å². The van der Waals surface area contributed by atoms with Gasteiger partial charge in [-0.25, -0.2) is 0 Å². The third-order valence-corrected chi connectivity index (χ3v) is 4.12. The Labute approximate surface area is 110 Å². The lowest BCUT2D eigenvalue weighted by Crippen LogP contribution is -2.37. The Morgan fingerprint density at radius 3 is 2.72 bits per heavy atom. The molecule has 98 valence electrons.